The first-order valence-electron chi connectivity index (χ1n) is 11.9. The molecule has 2 aromatic carbocycles. The predicted molar refractivity (Wildman–Crippen MR) is 125 cm³/mol. The monoisotopic (exact) mass is 460 g/mol. The van der Waals surface area contributed by atoms with E-state index in [2.05, 4.69) is 5.32 Å². The van der Waals surface area contributed by atoms with Gasteiger partial charge in [-0.25, -0.2) is 4.79 Å². The topological polar surface area (TPSA) is 88.1 Å². The molecule has 1 aliphatic carbocycles. The smallest absolute Gasteiger partial charge is 0.410 e. The molecule has 0 spiro atoms. The van der Waals surface area contributed by atoms with Crippen LogP contribution in [0.25, 0.3) is 0 Å². The molecule has 2 N–H and O–H groups in total. The summed E-state index contributed by atoms with van der Waals surface area (Å²) in [5.41, 5.74) is 1.95. The molecule has 7 heteroatoms. The highest BCUT2D eigenvalue weighted by Crippen LogP contribution is 2.66. The van der Waals surface area contributed by atoms with E-state index in [1.54, 1.807) is 4.90 Å². The number of rotatable bonds is 3. The Bertz CT molecular complexity index is 1180. The second-order valence-corrected chi connectivity index (χ2v) is 9.71. The van der Waals surface area contributed by atoms with Crippen molar-refractivity contribution < 1.29 is 24.2 Å². The molecule has 2 aromatic rings. The first kappa shape index (κ1) is 21.2. The van der Waals surface area contributed by atoms with Gasteiger partial charge in [-0.1, -0.05) is 60.2 Å². The van der Waals surface area contributed by atoms with Crippen molar-refractivity contribution >= 4 is 17.7 Å². The molecule has 1 saturated carbocycles. The molecule has 3 fully saturated rings. The summed E-state index contributed by atoms with van der Waals surface area (Å²) in [6.07, 6.45) is 2.36. The second-order valence-electron chi connectivity index (χ2n) is 9.71. The number of nitrogens with one attached hydrogen (secondary N) is 1. The maximum Gasteiger partial charge on any atom is 0.410 e. The number of fused-ring (bicyclic) bond motifs is 3. The van der Waals surface area contributed by atoms with E-state index in [1.807, 2.05) is 67.6 Å². The van der Waals surface area contributed by atoms with Gasteiger partial charge in [0.25, 0.3) is 0 Å². The molecule has 0 aromatic heterocycles. The van der Waals surface area contributed by atoms with Crippen molar-refractivity contribution in [2.45, 2.75) is 43.6 Å². The Morgan fingerprint density at radius 2 is 2.00 bits per heavy atom. The number of benzene rings is 2. The van der Waals surface area contributed by atoms with Gasteiger partial charge in [-0.2, -0.15) is 0 Å². The lowest BCUT2D eigenvalue weighted by molar-refractivity contribution is -0.164. The molecule has 7 nitrogen and oxygen atoms in total. The minimum absolute atomic E-state index is 0.0359. The zero-order valence-corrected chi connectivity index (χ0v) is 19.1. The van der Waals surface area contributed by atoms with Crippen molar-refractivity contribution in [3.05, 3.63) is 77.4 Å². The highest BCUT2D eigenvalue weighted by atomic mass is 16.6. The molecule has 4 aliphatic rings. The van der Waals surface area contributed by atoms with Crippen LogP contribution in [-0.2, 0) is 26.3 Å². The van der Waals surface area contributed by atoms with Crippen molar-refractivity contribution in [3.8, 4) is 0 Å². The van der Waals surface area contributed by atoms with Crippen molar-refractivity contribution in [3.63, 3.8) is 0 Å². The highest BCUT2D eigenvalue weighted by molar-refractivity contribution is 5.83. The second kappa shape index (κ2) is 7.60. The summed E-state index contributed by atoms with van der Waals surface area (Å²) in [6.45, 7) is 2.45. The van der Waals surface area contributed by atoms with Crippen LogP contribution in [0.3, 0.4) is 0 Å². The Balaban J connectivity index is 1.44. The van der Waals surface area contributed by atoms with E-state index in [1.165, 1.54) is 0 Å². The summed E-state index contributed by atoms with van der Waals surface area (Å²) in [7, 11) is 0. The van der Waals surface area contributed by atoms with Gasteiger partial charge in [-0.3, -0.25) is 9.69 Å². The lowest BCUT2D eigenvalue weighted by Crippen LogP contribution is -2.73. The molecule has 0 unspecified atom stereocenters. The fraction of sp³-hybridized carbons (Fsp3) is 0.407. The van der Waals surface area contributed by atoms with Gasteiger partial charge in [0, 0.05) is 24.8 Å². The number of likely N-dealkylation sites (tertiary alicyclic amines) is 1. The van der Waals surface area contributed by atoms with Crippen LogP contribution in [0.4, 0.5) is 10.5 Å². The van der Waals surface area contributed by atoms with E-state index in [0.29, 0.717) is 13.0 Å². The molecular weight excluding hydrogens is 432 g/mol. The van der Waals surface area contributed by atoms with Crippen molar-refractivity contribution in [2.24, 2.45) is 11.8 Å². The number of allylic oxidation sites excluding steroid dienone is 1. The normalized spacial score (nSPS) is 34.1. The van der Waals surface area contributed by atoms with Gasteiger partial charge < -0.3 is 19.9 Å². The van der Waals surface area contributed by atoms with Crippen LogP contribution in [0, 0.1) is 11.8 Å². The first-order chi connectivity index (χ1) is 16.5. The van der Waals surface area contributed by atoms with E-state index < -0.39 is 23.3 Å². The Hall–Kier alpha value is -3.32. The van der Waals surface area contributed by atoms with E-state index in [-0.39, 0.29) is 37.4 Å². The zero-order valence-electron chi connectivity index (χ0n) is 19.1. The van der Waals surface area contributed by atoms with Crippen LogP contribution in [0.2, 0.25) is 0 Å². The number of anilines is 1. The third kappa shape index (κ3) is 2.67. The Morgan fingerprint density at radius 3 is 2.76 bits per heavy atom. The summed E-state index contributed by atoms with van der Waals surface area (Å²) < 4.78 is 11.9. The number of hydrogen-bond donors (Lipinski definition) is 2. The molecule has 3 aliphatic heterocycles. The lowest BCUT2D eigenvalue weighted by Gasteiger charge is -2.59. The molecule has 34 heavy (non-hydrogen) atoms. The maximum atomic E-state index is 13.5. The lowest BCUT2D eigenvalue weighted by atomic mass is 9.51. The quantitative estimate of drug-likeness (QED) is 0.538. The average molecular weight is 461 g/mol. The third-order valence-electron chi connectivity index (χ3n) is 8.37. The zero-order chi connectivity index (χ0) is 23.5. The van der Waals surface area contributed by atoms with Gasteiger partial charge in [-0.15, -0.1) is 0 Å². The Morgan fingerprint density at radius 1 is 1.24 bits per heavy atom. The van der Waals surface area contributed by atoms with E-state index >= 15 is 0 Å². The van der Waals surface area contributed by atoms with Crippen LogP contribution < -0.4 is 5.32 Å². The summed E-state index contributed by atoms with van der Waals surface area (Å²) in [6, 6.07) is 17.0. The Labute approximate surface area is 198 Å². The van der Waals surface area contributed by atoms with Gasteiger partial charge in [0.1, 0.15) is 6.61 Å². The van der Waals surface area contributed by atoms with E-state index in [9.17, 15) is 14.7 Å². The summed E-state index contributed by atoms with van der Waals surface area (Å²) >= 11 is 0. The molecular formula is C27H28N2O5. The van der Waals surface area contributed by atoms with Gasteiger partial charge in [-0.05, 0) is 36.5 Å². The maximum absolute atomic E-state index is 13.5. The van der Waals surface area contributed by atoms with Crippen LogP contribution >= 0.6 is 0 Å². The number of nitrogens with zero attached hydrogens (tertiary/aromatic N) is 1. The van der Waals surface area contributed by atoms with Gasteiger partial charge in [0.05, 0.1) is 17.9 Å². The number of aliphatic hydroxyl groups excluding tert-OH is 1. The molecule has 2 bridgehead atoms. The number of ether oxygens (including phenoxy) is 2. The number of carbonyl (C=O) groups is 2. The average Bonchev–Trinajstić information content (AvgIpc) is 3.31. The van der Waals surface area contributed by atoms with Crippen LogP contribution in [0.5, 0.6) is 0 Å². The molecule has 0 radical (unpaired) electrons. The molecule has 5 atom stereocenters. The number of para-hydroxylation sites is 1. The van der Waals surface area contributed by atoms with E-state index in [0.717, 1.165) is 22.4 Å². The number of esters is 1. The Kier molecular flexibility index (Phi) is 4.74. The molecule has 176 valence electrons. The number of aliphatic hydroxyl groups is 1. The largest absolute Gasteiger partial charge is 0.445 e. The third-order valence-corrected chi connectivity index (χ3v) is 8.37. The SMILES string of the molecule is C/C=C1\CN(C(=O)OCc2ccccc2)[C@H]2C[C@@H]1[C@@H](CO)[C@@]13CC(=O)O[C@@]21Nc1ccccc13. The van der Waals surface area contributed by atoms with Crippen LogP contribution in [-0.4, -0.2) is 47.0 Å². The number of carbonyl (C=O) groups excluding carboxylic acids is 2. The van der Waals surface area contributed by atoms with Crippen molar-refractivity contribution in [1.29, 1.82) is 0 Å². The standard InChI is InChI=1S/C27H28N2O5/c1-2-18-14-29(25(32)33-16-17-8-4-3-5-9-17)23-12-19(18)21(15-30)26-13-24(31)34-27(23,26)28-22-11-7-6-10-20(22)26/h2-11,19,21,23,28,30H,12-16H2,1H3/b18-2+/t19-,21+,23-,26-,27-/m0/s1. The number of amides is 1. The van der Waals surface area contributed by atoms with Crippen molar-refractivity contribution in [2.75, 3.05) is 18.5 Å². The molecule has 1 amide bonds. The fourth-order valence-electron chi connectivity index (χ4n) is 7.01. The van der Waals surface area contributed by atoms with Gasteiger partial charge in [0.15, 0.2) is 0 Å². The van der Waals surface area contributed by atoms with Crippen LogP contribution in [0.1, 0.15) is 30.9 Å². The van der Waals surface area contributed by atoms with Gasteiger partial charge >= 0.3 is 12.1 Å². The van der Waals surface area contributed by atoms with E-state index in [4.69, 9.17) is 9.47 Å². The molecule has 3 heterocycles. The minimum atomic E-state index is -1.14. The number of piperidine rings is 1. The minimum Gasteiger partial charge on any atom is -0.445 e. The first-order valence-corrected chi connectivity index (χ1v) is 11.9. The molecule has 2 saturated heterocycles. The molecule has 6 rings (SSSR count). The highest BCUT2D eigenvalue weighted by Gasteiger charge is 2.77. The predicted octanol–water partition coefficient (Wildman–Crippen LogP) is 3.59. The summed E-state index contributed by atoms with van der Waals surface area (Å²) in [5.74, 6) is -0.485. The number of hydrogen-bond acceptors (Lipinski definition) is 6. The summed E-state index contributed by atoms with van der Waals surface area (Å²) in [4.78, 5) is 28.1. The summed E-state index contributed by atoms with van der Waals surface area (Å²) in [5, 5.41) is 14.2. The van der Waals surface area contributed by atoms with Crippen LogP contribution in [0.15, 0.2) is 66.2 Å². The fourth-order valence-corrected chi connectivity index (χ4v) is 7.01. The van der Waals surface area contributed by atoms with Crippen molar-refractivity contribution in [1.82, 2.24) is 4.90 Å². The van der Waals surface area contributed by atoms with Gasteiger partial charge in [0.2, 0.25) is 5.72 Å².